The molecule has 3 N–H and O–H groups in total. The first-order valence-electron chi connectivity index (χ1n) is 11.4. The van der Waals surface area contributed by atoms with Crippen molar-refractivity contribution in [3.05, 3.63) is 53.1 Å². The molecular weight excluding hydrogens is 407 g/mol. The summed E-state index contributed by atoms with van der Waals surface area (Å²) in [5, 5.41) is 7.93. The first-order valence-corrected chi connectivity index (χ1v) is 11.4. The molecule has 7 nitrogen and oxygen atoms in total. The number of nitrogens with zero attached hydrogens (tertiary/aromatic N) is 3. The summed E-state index contributed by atoms with van der Waals surface area (Å²) in [4.78, 5) is 14.4. The Morgan fingerprint density at radius 3 is 2.81 bits per heavy atom. The highest BCUT2D eigenvalue weighted by atomic mass is 19.1. The number of rotatable bonds is 7. The smallest absolute Gasteiger partial charge is 0.208 e. The Balaban J connectivity index is 1.17. The van der Waals surface area contributed by atoms with E-state index in [1.165, 1.54) is 17.7 Å². The van der Waals surface area contributed by atoms with Crippen molar-refractivity contribution in [2.45, 2.75) is 39.7 Å². The van der Waals surface area contributed by atoms with Gasteiger partial charge in [0.15, 0.2) is 5.96 Å². The van der Waals surface area contributed by atoms with Crippen LogP contribution in [0.5, 0.6) is 0 Å². The van der Waals surface area contributed by atoms with Gasteiger partial charge in [-0.1, -0.05) is 0 Å². The Kier molecular flexibility index (Phi) is 7.09. The molecule has 1 aliphatic heterocycles. The van der Waals surface area contributed by atoms with Crippen LogP contribution in [0.2, 0.25) is 0 Å². The summed E-state index contributed by atoms with van der Waals surface area (Å²) in [5.74, 6) is 2.96. The van der Waals surface area contributed by atoms with Gasteiger partial charge in [0.05, 0.1) is 12.2 Å². The van der Waals surface area contributed by atoms with Crippen molar-refractivity contribution >= 4 is 16.9 Å². The molecule has 1 aliphatic rings. The van der Waals surface area contributed by atoms with Gasteiger partial charge in [0.2, 0.25) is 5.89 Å². The predicted molar refractivity (Wildman–Crippen MR) is 125 cm³/mol. The summed E-state index contributed by atoms with van der Waals surface area (Å²) in [7, 11) is 1.80. The number of hydrogen-bond acceptors (Lipinski definition) is 4. The van der Waals surface area contributed by atoms with Crippen LogP contribution < -0.4 is 10.6 Å². The number of aromatic nitrogens is 2. The molecule has 2 aromatic heterocycles. The highest BCUT2D eigenvalue weighted by Gasteiger charge is 2.21. The molecule has 172 valence electrons. The van der Waals surface area contributed by atoms with Crippen LogP contribution in [0, 0.1) is 25.6 Å². The number of aliphatic imine (C=N–C) groups is 1. The third kappa shape index (κ3) is 5.48. The van der Waals surface area contributed by atoms with Crippen molar-refractivity contribution in [3.8, 4) is 0 Å². The first-order chi connectivity index (χ1) is 15.5. The Morgan fingerprint density at radius 2 is 2.09 bits per heavy atom. The van der Waals surface area contributed by atoms with Crippen LogP contribution in [-0.4, -0.2) is 54.1 Å². The second kappa shape index (κ2) is 10.2. The van der Waals surface area contributed by atoms with Gasteiger partial charge >= 0.3 is 0 Å². The third-order valence-corrected chi connectivity index (χ3v) is 6.34. The second-order valence-electron chi connectivity index (χ2n) is 8.60. The Morgan fingerprint density at radius 1 is 1.28 bits per heavy atom. The summed E-state index contributed by atoms with van der Waals surface area (Å²) in [6.07, 6.45) is 5.09. The minimum Gasteiger partial charge on any atom is -0.444 e. The number of oxazole rings is 1. The number of nitrogens with one attached hydrogen (secondary N) is 3. The van der Waals surface area contributed by atoms with Gasteiger partial charge in [-0.15, -0.1) is 0 Å². The van der Waals surface area contributed by atoms with Gasteiger partial charge in [-0.2, -0.15) is 0 Å². The second-order valence-corrected chi connectivity index (χ2v) is 8.60. The molecule has 3 aromatic rings. The van der Waals surface area contributed by atoms with Crippen LogP contribution in [0.25, 0.3) is 10.9 Å². The lowest BCUT2D eigenvalue weighted by Gasteiger charge is -2.31. The molecule has 0 aliphatic carbocycles. The summed E-state index contributed by atoms with van der Waals surface area (Å²) in [6.45, 7) is 8.53. The Labute approximate surface area is 188 Å². The van der Waals surface area contributed by atoms with E-state index >= 15 is 0 Å². The van der Waals surface area contributed by atoms with Crippen molar-refractivity contribution in [2.24, 2.45) is 10.9 Å². The lowest BCUT2D eigenvalue weighted by Crippen LogP contribution is -2.43. The average molecular weight is 441 g/mol. The molecule has 0 unspecified atom stereocenters. The molecule has 0 bridgehead atoms. The number of hydrogen-bond donors (Lipinski definition) is 3. The maximum atomic E-state index is 13.4. The van der Waals surface area contributed by atoms with Crippen LogP contribution in [0.3, 0.4) is 0 Å². The van der Waals surface area contributed by atoms with Gasteiger partial charge in [-0.25, -0.2) is 9.37 Å². The maximum Gasteiger partial charge on any atom is 0.208 e. The van der Waals surface area contributed by atoms with Gasteiger partial charge in [-0.05, 0) is 75.9 Å². The molecule has 1 aromatic carbocycles. The van der Waals surface area contributed by atoms with E-state index in [4.69, 9.17) is 4.42 Å². The van der Waals surface area contributed by atoms with Crippen LogP contribution >= 0.6 is 0 Å². The molecule has 1 saturated heterocycles. The van der Waals surface area contributed by atoms with E-state index in [9.17, 15) is 4.39 Å². The molecule has 0 amide bonds. The van der Waals surface area contributed by atoms with E-state index in [0.29, 0.717) is 5.92 Å². The zero-order chi connectivity index (χ0) is 22.5. The number of halogens is 1. The van der Waals surface area contributed by atoms with Crippen molar-refractivity contribution < 1.29 is 8.81 Å². The van der Waals surface area contributed by atoms with E-state index in [0.717, 1.165) is 86.2 Å². The quantitative estimate of drug-likeness (QED) is 0.387. The van der Waals surface area contributed by atoms with Gasteiger partial charge in [0, 0.05) is 37.2 Å². The summed E-state index contributed by atoms with van der Waals surface area (Å²) >= 11 is 0. The van der Waals surface area contributed by atoms with Crippen molar-refractivity contribution in [1.82, 2.24) is 25.5 Å². The standard InChI is InChI=1S/C24H33FN6O/c1-16-17(2)32-23(30-16)15-31-10-7-18(8-11-31)13-29-24(26-3)27-9-6-19-14-28-22-12-20(25)4-5-21(19)22/h4-5,12,14,18,28H,6-11,13,15H2,1-3H3,(H2,26,27,29). The predicted octanol–water partition coefficient (Wildman–Crippen LogP) is 3.53. The summed E-state index contributed by atoms with van der Waals surface area (Å²) < 4.78 is 19.1. The molecule has 3 heterocycles. The van der Waals surface area contributed by atoms with Crippen molar-refractivity contribution in [2.75, 3.05) is 33.2 Å². The molecule has 0 saturated carbocycles. The molecule has 32 heavy (non-hydrogen) atoms. The van der Waals surface area contributed by atoms with E-state index in [-0.39, 0.29) is 5.82 Å². The summed E-state index contributed by atoms with van der Waals surface area (Å²) in [6, 6.07) is 4.87. The van der Waals surface area contributed by atoms with Crippen LogP contribution in [0.4, 0.5) is 4.39 Å². The molecule has 8 heteroatoms. The number of fused-ring (bicyclic) bond motifs is 1. The SMILES string of the molecule is CN=C(NCCc1c[nH]c2cc(F)ccc12)NCC1CCN(Cc2nc(C)c(C)o2)CC1. The van der Waals surface area contributed by atoms with Gasteiger partial charge in [0.25, 0.3) is 0 Å². The highest BCUT2D eigenvalue weighted by molar-refractivity contribution is 5.83. The number of aromatic amines is 1. The zero-order valence-corrected chi connectivity index (χ0v) is 19.2. The lowest BCUT2D eigenvalue weighted by atomic mass is 9.97. The van der Waals surface area contributed by atoms with Gasteiger partial charge in [-0.3, -0.25) is 9.89 Å². The molecule has 0 radical (unpaired) electrons. The normalized spacial score (nSPS) is 16.1. The third-order valence-electron chi connectivity index (χ3n) is 6.34. The number of H-pyrrole nitrogens is 1. The topological polar surface area (TPSA) is 81.5 Å². The van der Waals surface area contributed by atoms with Gasteiger partial charge < -0.3 is 20.0 Å². The van der Waals surface area contributed by atoms with Crippen molar-refractivity contribution in [3.63, 3.8) is 0 Å². The number of likely N-dealkylation sites (tertiary alicyclic amines) is 1. The first kappa shape index (κ1) is 22.3. The fourth-order valence-electron chi connectivity index (χ4n) is 4.29. The van der Waals surface area contributed by atoms with E-state index in [1.54, 1.807) is 7.05 Å². The van der Waals surface area contributed by atoms with E-state index in [1.807, 2.05) is 26.1 Å². The minimum atomic E-state index is -0.220. The summed E-state index contributed by atoms with van der Waals surface area (Å²) in [5.41, 5.74) is 2.99. The maximum absolute atomic E-state index is 13.4. The molecule has 4 rings (SSSR count). The minimum absolute atomic E-state index is 0.220. The van der Waals surface area contributed by atoms with Gasteiger partial charge in [0.1, 0.15) is 11.6 Å². The lowest BCUT2D eigenvalue weighted by molar-refractivity contribution is 0.164. The Bertz CT molecular complexity index is 1040. The van der Waals surface area contributed by atoms with Crippen LogP contribution in [0.15, 0.2) is 33.8 Å². The molecule has 0 atom stereocenters. The monoisotopic (exact) mass is 440 g/mol. The van der Waals surface area contributed by atoms with Crippen LogP contribution in [0.1, 0.15) is 35.7 Å². The van der Waals surface area contributed by atoms with E-state index < -0.39 is 0 Å². The average Bonchev–Trinajstić information content (AvgIpc) is 3.33. The largest absolute Gasteiger partial charge is 0.444 e. The van der Waals surface area contributed by atoms with Crippen LogP contribution in [-0.2, 0) is 13.0 Å². The molecular formula is C24H33FN6O. The molecule has 1 fully saturated rings. The number of benzene rings is 1. The zero-order valence-electron chi connectivity index (χ0n) is 19.2. The number of aryl methyl sites for hydroxylation is 2. The van der Waals surface area contributed by atoms with E-state index in [2.05, 4.69) is 30.5 Å². The molecule has 0 spiro atoms. The highest BCUT2D eigenvalue weighted by Crippen LogP contribution is 2.20. The number of piperidine rings is 1. The number of guanidine groups is 1. The fraction of sp³-hybridized carbons (Fsp3) is 0.500. The fourth-order valence-corrected chi connectivity index (χ4v) is 4.29. The van der Waals surface area contributed by atoms with Crippen molar-refractivity contribution in [1.29, 1.82) is 0 Å². The Hall–Kier alpha value is -2.87.